The molecular formula is C14H21N5O3. The molecule has 0 spiro atoms. The SMILES string of the molecule is CC(C)NC[C@H]1O[C@@H](c2ccc3c(N)ncnn23)[C@H](O)[C@@H]1O. The molecule has 8 nitrogen and oxygen atoms in total. The summed E-state index contributed by atoms with van der Waals surface area (Å²) >= 11 is 0. The second kappa shape index (κ2) is 5.81. The number of nitrogens with two attached hydrogens (primary N) is 1. The number of anilines is 1. The van der Waals surface area contributed by atoms with Crippen LogP contribution in [0.5, 0.6) is 0 Å². The molecule has 0 saturated carbocycles. The van der Waals surface area contributed by atoms with Crippen LogP contribution in [0.2, 0.25) is 0 Å². The van der Waals surface area contributed by atoms with E-state index in [9.17, 15) is 10.2 Å². The van der Waals surface area contributed by atoms with Crippen molar-refractivity contribution in [2.24, 2.45) is 0 Å². The highest BCUT2D eigenvalue weighted by atomic mass is 16.5. The summed E-state index contributed by atoms with van der Waals surface area (Å²) in [7, 11) is 0. The summed E-state index contributed by atoms with van der Waals surface area (Å²) in [5, 5.41) is 27.8. The molecule has 0 unspecified atom stereocenters. The van der Waals surface area contributed by atoms with Crippen molar-refractivity contribution in [2.45, 2.75) is 44.3 Å². The maximum absolute atomic E-state index is 10.3. The average Bonchev–Trinajstić information content (AvgIpc) is 3.01. The molecule has 2 aromatic rings. The Labute approximate surface area is 127 Å². The number of aliphatic hydroxyl groups excluding tert-OH is 2. The van der Waals surface area contributed by atoms with Crippen LogP contribution in [-0.2, 0) is 4.74 Å². The molecule has 0 aliphatic carbocycles. The maximum atomic E-state index is 10.3. The minimum Gasteiger partial charge on any atom is -0.388 e. The van der Waals surface area contributed by atoms with Gasteiger partial charge in [-0.25, -0.2) is 9.50 Å². The molecule has 3 rings (SSSR count). The van der Waals surface area contributed by atoms with E-state index in [0.29, 0.717) is 23.6 Å². The fourth-order valence-corrected chi connectivity index (χ4v) is 2.70. The topological polar surface area (TPSA) is 118 Å². The Morgan fingerprint density at radius 2 is 2.14 bits per heavy atom. The van der Waals surface area contributed by atoms with E-state index in [2.05, 4.69) is 15.4 Å². The third-order valence-corrected chi connectivity index (χ3v) is 3.89. The van der Waals surface area contributed by atoms with Gasteiger partial charge in [-0.05, 0) is 12.1 Å². The second-order valence-electron chi connectivity index (χ2n) is 5.84. The van der Waals surface area contributed by atoms with E-state index in [0.717, 1.165) is 0 Å². The Morgan fingerprint density at radius 1 is 1.36 bits per heavy atom. The van der Waals surface area contributed by atoms with Crippen molar-refractivity contribution >= 4 is 11.3 Å². The summed E-state index contributed by atoms with van der Waals surface area (Å²) < 4.78 is 7.43. The molecule has 2 aromatic heterocycles. The molecule has 22 heavy (non-hydrogen) atoms. The smallest absolute Gasteiger partial charge is 0.151 e. The molecule has 1 saturated heterocycles. The first-order chi connectivity index (χ1) is 10.5. The fraction of sp³-hybridized carbons (Fsp3) is 0.571. The first-order valence-corrected chi connectivity index (χ1v) is 7.32. The molecular weight excluding hydrogens is 286 g/mol. The van der Waals surface area contributed by atoms with E-state index in [1.165, 1.54) is 6.33 Å². The Bertz CT molecular complexity index is 659. The van der Waals surface area contributed by atoms with Gasteiger partial charge in [-0.3, -0.25) is 0 Å². The molecule has 3 heterocycles. The van der Waals surface area contributed by atoms with E-state index < -0.39 is 24.4 Å². The standard InChI is InChI=1S/C14H21N5O3/c1-7(2)16-5-10-11(20)12(21)13(22-10)8-3-4-9-14(15)17-6-18-19(8)9/h3-4,6-7,10-13,16,20-21H,5H2,1-2H3,(H2,15,17,18)/t10-,11-,12-,13+/m1/s1. The van der Waals surface area contributed by atoms with Crippen molar-refractivity contribution in [3.8, 4) is 0 Å². The number of aliphatic hydroxyl groups is 2. The first kappa shape index (κ1) is 15.2. The Hall–Kier alpha value is -1.74. The van der Waals surface area contributed by atoms with Crippen LogP contribution in [0.4, 0.5) is 5.82 Å². The number of hydrogen-bond acceptors (Lipinski definition) is 7. The number of ether oxygens (including phenoxy) is 1. The van der Waals surface area contributed by atoms with Crippen molar-refractivity contribution in [3.05, 3.63) is 24.2 Å². The lowest BCUT2D eigenvalue weighted by atomic mass is 10.1. The number of aromatic nitrogens is 3. The average molecular weight is 307 g/mol. The van der Waals surface area contributed by atoms with Gasteiger partial charge in [0.15, 0.2) is 5.82 Å². The third kappa shape index (κ3) is 2.54. The van der Waals surface area contributed by atoms with Gasteiger partial charge in [-0.1, -0.05) is 13.8 Å². The highest BCUT2D eigenvalue weighted by Gasteiger charge is 2.44. The molecule has 0 amide bonds. The number of nitrogens with one attached hydrogen (secondary N) is 1. The van der Waals surface area contributed by atoms with Crippen LogP contribution in [0.15, 0.2) is 18.5 Å². The van der Waals surface area contributed by atoms with Crippen LogP contribution >= 0.6 is 0 Å². The predicted molar refractivity (Wildman–Crippen MR) is 80.2 cm³/mol. The van der Waals surface area contributed by atoms with Crippen LogP contribution < -0.4 is 11.1 Å². The van der Waals surface area contributed by atoms with Crippen LogP contribution in [0.25, 0.3) is 5.52 Å². The van der Waals surface area contributed by atoms with Crippen molar-refractivity contribution in [1.29, 1.82) is 0 Å². The van der Waals surface area contributed by atoms with Gasteiger partial charge in [-0.2, -0.15) is 5.10 Å². The van der Waals surface area contributed by atoms with E-state index >= 15 is 0 Å². The van der Waals surface area contributed by atoms with Crippen molar-refractivity contribution < 1.29 is 14.9 Å². The van der Waals surface area contributed by atoms with Crippen LogP contribution in [-0.4, -0.2) is 55.7 Å². The van der Waals surface area contributed by atoms with Crippen molar-refractivity contribution in [1.82, 2.24) is 19.9 Å². The highest BCUT2D eigenvalue weighted by Crippen LogP contribution is 2.34. The molecule has 8 heteroatoms. The number of fused-ring (bicyclic) bond motifs is 1. The molecule has 1 fully saturated rings. The van der Waals surface area contributed by atoms with Gasteiger partial charge in [0.25, 0.3) is 0 Å². The summed E-state index contributed by atoms with van der Waals surface area (Å²) in [4.78, 5) is 3.93. The molecule has 0 aromatic carbocycles. The Morgan fingerprint density at radius 3 is 2.86 bits per heavy atom. The highest BCUT2D eigenvalue weighted by molar-refractivity contribution is 5.65. The Balaban J connectivity index is 1.86. The second-order valence-corrected chi connectivity index (χ2v) is 5.84. The molecule has 120 valence electrons. The largest absolute Gasteiger partial charge is 0.388 e. The lowest BCUT2D eigenvalue weighted by Gasteiger charge is -2.17. The lowest BCUT2D eigenvalue weighted by molar-refractivity contribution is 0.00403. The molecule has 1 aliphatic rings. The number of hydrogen-bond donors (Lipinski definition) is 4. The molecule has 4 atom stereocenters. The summed E-state index contributed by atoms with van der Waals surface area (Å²) in [6.45, 7) is 4.48. The maximum Gasteiger partial charge on any atom is 0.151 e. The van der Waals surface area contributed by atoms with Gasteiger partial charge < -0.3 is 26.0 Å². The van der Waals surface area contributed by atoms with Crippen LogP contribution in [0, 0.1) is 0 Å². The summed E-state index contributed by atoms with van der Waals surface area (Å²) in [5.74, 6) is 0.354. The van der Waals surface area contributed by atoms with Gasteiger partial charge in [0.05, 0.1) is 11.8 Å². The molecule has 1 aliphatic heterocycles. The van der Waals surface area contributed by atoms with Crippen LogP contribution in [0.3, 0.4) is 0 Å². The number of rotatable bonds is 4. The first-order valence-electron chi connectivity index (χ1n) is 7.32. The fourth-order valence-electron chi connectivity index (χ4n) is 2.70. The summed E-state index contributed by atoms with van der Waals surface area (Å²) in [6, 6.07) is 3.82. The summed E-state index contributed by atoms with van der Waals surface area (Å²) in [5.41, 5.74) is 7.09. The predicted octanol–water partition coefficient (Wildman–Crippen LogP) is -0.529. The van der Waals surface area contributed by atoms with Gasteiger partial charge in [0, 0.05) is 12.6 Å². The van der Waals surface area contributed by atoms with Gasteiger partial charge >= 0.3 is 0 Å². The number of nitrogen functional groups attached to an aromatic ring is 1. The molecule has 0 bridgehead atoms. The monoisotopic (exact) mass is 307 g/mol. The third-order valence-electron chi connectivity index (χ3n) is 3.89. The quantitative estimate of drug-likeness (QED) is 0.600. The van der Waals surface area contributed by atoms with Gasteiger partial charge in [-0.15, -0.1) is 0 Å². The molecule has 5 N–H and O–H groups in total. The zero-order valence-corrected chi connectivity index (χ0v) is 12.5. The zero-order chi connectivity index (χ0) is 15.9. The normalized spacial score (nSPS) is 28.8. The van der Waals surface area contributed by atoms with E-state index in [1.54, 1.807) is 16.6 Å². The molecule has 0 radical (unpaired) electrons. The van der Waals surface area contributed by atoms with E-state index in [-0.39, 0.29) is 6.04 Å². The zero-order valence-electron chi connectivity index (χ0n) is 12.5. The van der Waals surface area contributed by atoms with Gasteiger partial charge in [0.2, 0.25) is 0 Å². The minimum absolute atomic E-state index is 0.272. The van der Waals surface area contributed by atoms with E-state index in [1.807, 2.05) is 13.8 Å². The van der Waals surface area contributed by atoms with Gasteiger partial charge in [0.1, 0.15) is 30.2 Å². The summed E-state index contributed by atoms with van der Waals surface area (Å²) in [6.07, 6.45) is -1.77. The van der Waals surface area contributed by atoms with E-state index in [4.69, 9.17) is 10.5 Å². The van der Waals surface area contributed by atoms with Crippen molar-refractivity contribution in [3.63, 3.8) is 0 Å². The Kier molecular flexibility index (Phi) is 4.00. The minimum atomic E-state index is -1.02. The van der Waals surface area contributed by atoms with Crippen molar-refractivity contribution in [2.75, 3.05) is 12.3 Å². The lowest BCUT2D eigenvalue weighted by Crippen LogP contribution is -2.39. The van der Waals surface area contributed by atoms with Crippen LogP contribution in [0.1, 0.15) is 25.6 Å². The number of nitrogens with zero attached hydrogens (tertiary/aromatic N) is 3.